The van der Waals surface area contributed by atoms with Crippen molar-refractivity contribution < 1.29 is 5.11 Å². The lowest BCUT2D eigenvalue weighted by atomic mass is 10.1. The van der Waals surface area contributed by atoms with Gasteiger partial charge in [0, 0.05) is 11.9 Å². The predicted octanol–water partition coefficient (Wildman–Crippen LogP) is 3.40. The number of nitrogens with zero attached hydrogens (tertiary/aromatic N) is 2. The van der Waals surface area contributed by atoms with Crippen LogP contribution in [0.15, 0.2) is 30.3 Å². The lowest BCUT2D eigenvalue weighted by molar-refractivity contribution is 0.282. The molecular weight excluding hydrogens is 280 g/mol. The molecule has 0 fully saturated rings. The van der Waals surface area contributed by atoms with Gasteiger partial charge in [0.05, 0.1) is 28.7 Å². The molecule has 1 N–H and O–H groups in total. The highest BCUT2D eigenvalue weighted by Gasteiger charge is 2.10. The number of benzene rings is 1. The normalized spacial score (nSPS) is 10.2. The van der Waals surface area contributed by atoms with Crippen LogP contribution in [0.25, 0.3) is 0 Å². The Balaban J connectivity index is 2.23. The minimum atomic E-state index is -0.0563. The largest absolute Gasteiger partial charge is 0.392 e. The molecule has 1 heterocycles. The molecule has 0 aliphatic heterocycles. The van der Waals surface area contributed by atoms with Gasteiger partial charge in [-0.15, -0.1) is 11.3 Å². The Morgan fingerprint density at radius 1 is 1.37 bits per heavy atom. The number of hydrogen-bond donors (Lipinski definition) is 1. The molecule has 2 aromatic rings. The summed E-state index contributed by atoms with van der Waals surface area (Å²) in [5, 5.41) is 18.3. The topological polar surface area (TPSA) is 47.3 Å². The van der Waals surface area contributed by atoms with Crippen LogP contribution in [0.4, 0.5) is 5.69 Å². The van der Waals surface area contributed by atoms with Crippen LogP contribution in [0.1, 0.15) is 16.0 Å². The Bertz CT molecular complexity index is 618. The first-order valence-electron chi connectivity index (χ1n) is 5.73. The molecule has 3 nitrogen and oxygen atoms in total. The number of nitriles is 1. The summed E-state index contributed by atoms with van der Waals surface area (Å²) in [7, 11) is 1.93. The van der Waals surface area contributed by atoms with Crippen molar-refractivity contribution in [2.24, 2.45) is 0 Å². The van der Waals surface area contributed by atoms with Crippen LogP contribution in [0.3, 0.4) is 0 Å². The molecule has 0 amide bonds. The van der Waals surface area contributed by atoms with Gasteiger partial charge in [-0.3, -0.25) is 0 Å². The summed E-state index contributed by atoms with van der Waals surface area (Å²) in [6.45, 7) is 0.643. The van der Waals surface area contributed by atoms with E-state index in [-0.39, 0.29) is 6.61 Å². The smallest absolute Gasteiger partial charge is 0.101 e. The average molecular weight is 293 g/mol. The van der Waals surface area contributed by atoms with Gasteiger partial charge in [-0.05, 0) is 29.8 Å². The number of aliphatic hydroxyl groups is 1. The lowest BCUT2D eigenvalue weighted by Crippen LogP contribution is -2.16. The van der Waals surface area contributed by atoms with Gasteiger partial charge in [-0.2, -0.15) is 5.26 Å². The molecule has 19 heavy (non-hydrogen) atoms. The molecule has 1 aromatic carbocycles. The van der Waals surface area contributed by atoms with Gasteiger partial charge in [0.1, 0.15) is 6.07 Å². The standard InChI is InChI=1S/C14H13ClN2OS/c1-17(8-12-3-5-14(15)19-12)13-4-2-10(9-18)6-11(13)7-16/h2-6,18H,8-9H2,1H3. The third-order valence-electron chi connectivity index (χ3n) is 2.80. The number of aliphatic hydroxyl groups excluding tert-OH is 1. The van der Waals surface area contributed by atoms with Crippen LogP contribution in [-0.2, 0) is 13.2 Å². The quantitative estimate of drug-likeness (QED) is 0.939. The molecule has 98 valence electrons. The summed E-state index contributed by atoms with van der Waals surface area (Å²) in [6.07, 6.45) is 0. The van der Waals surface area contributed by atoms with Crippen molar-refractivity contribution in [3.05, 3.63) is 50.7 Å². The second kappa shape index (κ2) is 6.07. The third kappa shape index (κ3) is 3.27. The lowest BCUT2D eigenvalue weighted by Gasteiger charge is -2.20. The van der Waals surface area contributed by atoms with Gasteiger partial charge in [0.2, 0.25) is 0 Å². The fourth-order valence-electron chi connectivity index (χ4n) is 1.86. The minimum Gasteiger partial charge on any atom is -0.392 e. The third-order valence-corrected chi connectivity index (χ3v) is 4.01. The molecule has 0 atom stereocenters. The first kappa shape index (κ1) is 13.9. The van der Waals surface area contributed by atoms with E-state index in [4.69, 9.17) is 16.7 Å². The van der Waals surface area contributed by atoms with Crippen LogP contribution in [0.5, 0.6) is 0 Å². The van der Waals surface area contributed by atoms with E-state index in [1.165, 1.54) is 11.3 Å². The molecule has 0 saturated carbocycles. The van der Waals surface area contributed by atoms with Gasteiger partial charge in [-0.25, -0.2) is 0 Å². The molecule has 0 aliphatic carbocycles. The number of anilines is 1. The summed E-state index contributed by atoms with van der Waals surface area (Å²) < 4.78 is 0.763. The predicted molar refractivity (Wildman–Crippen MR) is 78.5 cm³/mol. The molecule has 0 saturated heterocycles. The Morgan fingerprint density at radius 2 is 2.16 bits per heavy atom. The zero-order valence-electron chi connectivity index (χ0n) is 10.4. The minimum absolute atomic E-state index is 0.0563. The zero-order chi connectivity index (χ0) is 13.8. The molecular formula is C14H13ClN2OS. The van der Waals surface area contributed by atoms with Crippen LogP contribution in [-0.4, -0.2) is 12.2 Å². The molecule has 0 spiro atoms. The van der Waals surface area contributed by atoms with Crippen molar-refractivity contribution in [2.75, 3.05) is 11.9 Å². The van der Waals surface area contributed by atoms with E-state index in [2.05, 4.69) is 6.07 Å². The number of halogens is 1. The molecule has 5 heteroatoms. The summed E-state index contributed by atoms with van der Waals surface area (Å²) in [5.74, 6) is 0. The fraction of sp³-hybridized carbons (Fsp3) is 0.214. The van der Waals surface area contributed by atoms with E-state index in [0.29, 0.717) is 12.1 Å². The van der Waals surface area contributed by atoms with Gasteiger partial charge >= 0.3 is 0 Å². The van der Waals surface area contributed by atoms with E-state index >= 15 is 0 Å². The van der Waals surface area contributed by atoms with E-state index in [1.807, 2.05) is 36.2 Å². The number of hydrogen-bond acceptors (Lipinski definition) is 4. The maximum atomic E-state index is 9.18. The van der Waals surface area contributed by atoms with Crippen LogP contribution < -0.4 is 4.90 Å². The van der Waals surface area contributed by atoms with Gasteiger partial charge in [-0.1, -0.05) is 17.7 Å². The summed E-state index contributed by atoms with van der Waals surface area (Å²) >= 11 is 7.44. The zero-order valence-corrected chi connectivity index (χ0v) is 12.0. The van der Waals surface area contributed by atoms with E-state index in [9.17, 15) is 5.26 Å². The van der Waals surface area contributed by atoms with E-state index < -0.39 is 0 Å². The Morgan fingerprint density at radius 3 is 2.74 bits per heavy atom. The highest BCUT2D eigenvalue weighted by Crippen LogP contribution is 2.26. The van der Waals surface area contributed by atoms with E-state index in [0.717, 1.165) is 20.5 Å². The first-order chi connectivity index (χ1) is 9.13. The van der Waals surface area contributed by atoms with Gasteiger partial charge in [0.15, 0.2) is 0 Å². The van der Waals surface area contributed by atoms with Crippen molar-refractivity contribution in [1.82, 2.24) is 0 Å². The summed E-state index contributed by atoms with van der Waals surface area (Å²) in [5.41, 5.74) is 2.16. The molecule has 2 rings (SSSR count). The number of thiophene rings is 1. The molecule has 0 bridgehead atoms. The highest BCUT2D eigenvalue weighted by atomic mass is 35.5. The average Bonchev–Trinajstić information content (AvgIpc) is 2.83. The monoisotopic (exact) mass is 292 g/mol. The van der Waals surface area contributed by atoms with Crippen LogP contribution in [0, 0.1) is 11.3 Å². The van der Waals surface area contributed by atoms with Crippen molar-refractivity contribution in [3.63, 3.8) is 0 Å². The Labute approximate surface area is 121 Å². The maximum Gasteiger partial charge on any atom is 0.101 e. The van der Waals surface area contributed by atoms with Crippen LogP contribution in [0.2, 0.25) is 4.34 Å². The van der Waals surface area contributed by atoms with Crippen molar-refractivity contribution >= 4 is 28.6 Å². The SMILES string of the molecule is CN(Cc1ccc(Cl)s1)c1ccc(CO)cc1C#N. The Kier molecular flexibility index (Phi) is 4.43. The molecule has 0 radical (unpaired) electrons. The molecule has 0 aliphatic rings. The Hall–Kier alpha value is -1.54. The van der Waals surface area contributed by atoms with Crippen molar-refractivity contribution in [3.8, 4) is 6.07 Å². The molecule has 1 aromatic heterocycles. The second-order valence-electron chi connectivity index (χ2n) is 4.18. The first-order valence-corrected chi connectivity index (χ1v) is 6.92. The van der Waals surface area contributed by atoms with Crippen molar-refractivity contribution in [1.29, 1.82) is 5.26 Å². The van der Waals surface area contributed by atoms with Crippen molar-refractivity contribution in [2.45, 2.75) is 13.2 Å². The van der Waals surface area contributed by atoms with Crippen LogP contribution >= 0.6 is 22.9 Å². The molecule has 0 unspecified atom stereocenters. The van der Waals surface area contributed by atoms with Gasteiger partial charge in [0.25, 0.3) is 0 Å². The fourth-order valence-corrected chi connectivity index (χ4v) is 3.00. The van der Waals surface area contributed by atoms with E-state index in [1.54, 1.807) is 6.07 Å². The second-order valence-corrected chi connectivity index (χ2v) is 5.98. The maximum absolute atomic E-state index is 9.18. The summed E-state index contributed by atoms with van der Waals surface area (Å²) in [4.78, 5) is 3.14. The summed E-state index contributed by atoms with van der Waals surface area (Å²) in [6, 6.07) is 11.4. The van der Waals surface area contributed by atoms with Gasteiger partial charge < -0.3 is 10.0 Å². The number of rotatable bonds is 4. The highest BCUT2D eigenvalue weighted by molar-refractivity contribution is 7.16.